The minimum atomic E-state index is -0.481. The SMILES string of the molecule is CCCCCCCC[Si](CCCCCCCC)OCC. The van der Waals surface area contributed by atoms with Crippen LogP contribution in [0.15, 0.2) is 0 Å². The lowest BCUT2D eigenvalue weighted by Crippen LogP contribution is -2.17. The van der Waals surface area contributed by atoms with E-state index in [1.54, 1.807) is 0 Å². The van der Waals surface area contributed by atoms with E-state index in [9.17, 15) is 0 Å². The topological polar surface area (TPSA) is 9.23 Å². The molecule has 1 radical (unpaired) electrons. The number of rotatable bonds is 16. The van der Waals surface area contributed by atoms with Crippen LogP contribution in [0.25, 0.3) is 0 Å². The smallest absolute Gasteiger partial charge is 0.211 e. The predicted octanol–water partition coefficient (Wildman–Crippen LogP) is 6.74. The summed E-state index contributed by atoms with van der Waals surface area (Å²) in [6, 6.07) is 2.78. The summed E-state index contributed by atoms with van der Waals surface area (Å²) in [6.07, 6.45) is 17.0. The number of hydrogen-bond donors (Lipinski definition) is 0. The maximum Gasteiger partial charge on any atom is 0.211 e. The third-order valence-electron chi connectivity index (χ3n) is 3.97. The molecular weight excluding hydrogens is 260 g/mol. The van der Waals surface area contributed by atoms with E-state index in [-0.39, 0.29) is 0 Å². The molecule has 0 aromatic rings. The van der Waals surface area contributed by atoms with Gasteiger partial charge in [0.05, 0.1) is 0 Å². The Hall–Kier alpha value is 0.177. The highest BCUT2D eigenvalue weighted by atomic mass is 28.3. The fourth-order valence-corrected chi connectivity index (χ4v) is 4.91. The number of unbranched alkanes of at least 4 members (excludes halogenated alkanes) is 10. The molecule has 0 aliphatic rings. The molecular formula is C18H39OSi. The summed E-state index contributed by atoms with van der Waals surface area (Å²) in [7, 11) is -0.481. The summed E-state index contributed by atoms with van der Waals surface area (Å²) in [4.78, 5) is 0. The van der Waals surface area contributed by atoms with E-state index < -0.39 is 9.04 Å². The first-order chi connectivity index (χ1) is 9.85. The fourth-order valence-electron chi connectivity index (χ4n) is 2.68. The zero-order valence-corrected chi connectivity index (χ0v) is 15.5. The molecule has 0 amide bonds. The second-order valence-electron chi connectivity index (χ2n) is 6.01. The van der Waals surface area contributed by atoms with Gasteiger partial charge in [-0.15, -0.1) is 0 Å². The van der Waals surface area contributed by atoms with Gasteiger partial charge in [0.2, 0.25) is 9.04 Å². The molecule has 0 bridgehead atoms. The van der Waals surface area contributed by atoms with Crippen molar-refractivity contribution in [2.24, 2.45) is 0 Å². The van der Waals surface area contributed by atoms with Crippen LogP contribution in [0.5, 0.6) is 0 Å². The molecule has 0 atom stereocenters. The maximum absolute atomic E-state index is 6.00. The van der Waals surface area contributed by atoms with E-state index in [1.807, 2.05) is 0 Å². The lowest BCUT2D eigenvalue weighted by Gasteiger charge is -2.14. The quantitative estimate of drug-likeness (QED) is 0.227. The van der Waals surface area contributed by atoms with E-state index in [0.717, 1.165) is 6.61 Å². The van der Waals surface area contributed by atoms with Crippen molar-refractivity contribution in [3.63, 3.8) is 0 Å². The average molecular weight is 300 g/mol. The molecule has 0 heterocycles. The van der Waals surface area contributed by atoms with Gasteiger partial charge in [-0.05, 0) is 19.0 Å². The van der Waals surface area contributed by atoms with Crippen molar-refractivity contribution in [1.82, 2.24) is 0 Å². The second-order valence-corrected chi connectivity index (χ2v) is 8.37. The van der Waals surface area contributed by atoms with Gasteiger partial charge in [0.25, 0.3) is 0 Å². The predicted molar refractivity (Wildman–Crippen MR) is 93.7 cm³/mol. The molecule has 0 aliphatic heterocycles. The van der Waals surface area contributed by atoms with Crippen molar-refractivity contribution in [3.05, 3.63) is 0 Å². The average Bonchev–Trinajstić information content (AvgIpc) is 2.46. The van der Waals surface area contributed by atoms with Crippen molar-refractivity contribution in [2.45, 2.75) is 110 Å². The van der Waals surface area contributed by atoms with Crippen molar-refractivity contribution < 1.29 is 4.43 Å². The zero-order chi connectivity index (χ0) is 14.9. The van der Waals surface area contributed by atoms with Gasteiger partial charge >= 0.3 is 0 Å². The Labute approximate surface area is 130 Å². The molecule has 0 aromatic carbocycles. The van der Waals surface area contributed by atoms with Crippen LogP contribution in [0.2, 0.25) is 12.1 Å². The molecule has 0 spiro atoms. The third kappa shape index (κ3) is 14.6. The molecule has 0 aromatic heterocycles. The van der Waals surface area contributed by atoms with Crippen molar-refractivity contribution in [1.29, 1.82) is 0 Å². The summed E-state index contributed by atoms with van der Waals surface area (Å²) in [5.41, 5.74) is 0. The van der Waals surface area contributed by atoms with Crippen LogP contribution in [-0.2, 0) is 4.43 Å². The van der Waals surface area contributed by atoms with Crippen LogP contribution in [0, 0.1) is 0 Å². The summed E-state index contributed by atoms with van der Waals surface area (Å²) in [5, 5.41) is 0. The first-order valence-corrected chi connectivity index (χ1v) is 11.1. The molecule has 0 rings (SSSR count). The van der Waals surface area contributed by atoms with Crippen LogP contribution in [0.1, 0.15) is 97.8 Å². The summed E-state index contributed by atoms with van der Waals surface area (Å²) >= 11 is 0. The van der Waals surface area contributed by atoms with Gasteiger partial charge in [0, 0.05) is 6.61 Å². The van der Waals surface area contributed by atoms with Crippen LogP contribution in [0.3, 0.4) is 0 Å². The Kier molecular flexibility index (Phi) is 17.4. The Balaban J connectivity index is 3.45. The lowest BCUT2D eigenvalue weighted by atomic mass is 10.1. The zero-order valence-electron chi connectivity index (χ0n) is 14.5. The Morgan fingerprint density at radius 2 is 0.950 bits per heavy atom. The Morgan fingerprint density at radius 1 is 0.550 bits per heavy atom. The number of hydrogen-bond acceptors (Lipinski definition) is 1. The molecule has 0 aliphatic carbocycles. The lowest BCUT2D eigenvalue weighted by molar-refractivity contribution is 0.338. The van der Waals surface area contributed by atoms with E-state index in [4.69, 9.17) is 4.43 Å². The summed E-state index contributed by atoms with van der Waals surface area (Å²) < 4.78 is 6.00. The first kappa shape index (κ1) is 20.2. The standard InChI is InChI=1S/C18H39OSi/c1-4-7-9-11-13-15-17-20(19-6-3)18-16-14-12-10-8-5-2/h4-18H2,1-3H3. The van der Waals surface area contributed by atoms with Gasteiger partial charge in [0.1, 0.15) is 0 Å². The highest BCUT2D eigenvalue weighted by molar-refractivity contribution is 6.51. The molecule has 2 heteroatoms. The summed E-state index contributed by atoms with van der Waals surface area (Å²) in [5.74, 6) is 0. The second kappa shape index (κ2) is 17.2. The van der Waals surface area contributed by atoms with E-state index in [0.29, 0.717) is 0 Å². The molecule has 0 fully saturated rings. The van der Waals surface area contributed by atoms with E-state index in [2.05, 4.69) is 20.8 Å². The highest BCUT2D eigenvalue weighted by Crippen LogP contribution is 2.15. The molecule has 0 saturated heterocycles. The van der Waals surface area contributed by atoms with E-state index in [1.165, 1.54) is 89.1 Å². The van der Waals surface area contributed by atoms with Gasteiger partial charge < -0.3 is 4.43 Å². The van der Waals surface area contributed by atoms with E-state index >= 15 is 0 Å². The Morgan fingerprint density at radius 3 is 1.35 bits per heavy atom. The fraction of sp³-hybridized carbons (Fsp3) is 1.00. The Bertz CT molecular complexity index is 157. The van der Waals surface area contributed by atoms with Gasteiger partial charge in [-0.3, -0.25) is 0 Å². The van der Waals surface area contributed by atoms with Crippen LogP contribution in [0.4, 0.5) is 0 Å². The van der Waals surface area contributed by atoms with Crippen molar-refractivity contribution in [3.8, 4) is 0 Å². The van der Waals surface area contributed by atoms with Crippen LogP contribution < -0.4 is 0 Å². The molecule has 0 N–H and O–H groups in total. The van der Waals surface area contributed by atoms with Gasteiger partial charge in [0.15, 0.2) is 0 Å². The molecule has 1 nitrogen and oxygen atoms in total. The van der Waals surface area contributed by atoms with Crippen molar-refractivity contribution >= 4 is 9.04 Å². The summed E-state index contributed by atoms with van der Waals surface area (Å²) in [6.45, 7) is 7.67. The maximum atomic E-state index is 6.00. The highest BCUT2D eigenvalue weighted by Gasteiger charge is 2.11. The van der Waals surface area contributed by atoms with Crippen LogP contribution in [-0.4, -0.2) is 15.6 Å². The molecule has 0 unspecified atom stereocenters. The third-order valence-corrected chi connectivity index (χ3v) is 6.49. The normalized spacial score (nSPS) is 11.4. The monoisotopic (exact) mass is 299 g/mol. The minimum Gasteiger partial charge on any atom is -0.417 e. The van der Waals surface area contributed by atoms with Crippen LogP contribution >= 0.6 is 0 Å². The van der Waals surface area contributed by atoms with Crippen molar-refractivity contribution in [2.75, 3.05) is 6.61 Å². The molecule has 121 valence electrons. The molecule has 0 saturated carbocycles. The van der Waals surface area contributed by atoms with Gasteiger partial charge in [-0.25, -0.2) is 0 Å². The minimum absolute atomic E-state index is 0.481. The van der Waals surface area contributed by atoms with Gasteiger partial charge in [-0.1, -0.05) is 90.9 Å². The molecule has 20 heavy (non-hydrogen) atoms. The van der Waals surface area contributed by atoms with Gasteiger partial charge in [-0.2, -0.15) is 0 Å². The largest absolute Gasteiger partial charge is 0.417 e. The first-order valence-electron chi connectivity index (χ1n) is 9.32.